The lowest BCUT2D eigenvalue weighted by Crippen LogP contribution is -2.13. The molecule has 0 aromatic carbocycles. The van der Waals surface area contributed by atoms with E-state index in [9.17, 15) is 0 Å². The van der Waals surface area contributed by atoms with Gasteiger partial charge in [0.1, 0.15) is 0 Å². The summed E-state index contributed by atoms with van der Waals surface area (Å²) in [5.74, 6) is 0.720. The van der Waals surface area contributed by atoms with Crippen molar-refractivity contribution in [2.45, 2.75) is 32.1 Å². The summed E-state index contributed by atoms with van der Waals surface area (Å²) >= 11 is 0. The Morgan fingerprint density at radius 2 is 2.21 bits per heavy atom. The van der Waals surface area contributed by atoms with E-state index in [0.29, 0.717) is 0 Å². The molecule has 1 aliphatic rings. The van der Waals surface area contributed by atoms with Crippen LogP contribution < -0.4 is 5.32 Å². The predicted molar refractivity (Wildman–Crippen MR) is 58.4 cm³/mol. The number of nitrogens with one attached hydrogen (secondary N) is 1. The number of aryl methyl sites for hydroxylation is 1. The SMILES string of the molecule is Cc1cncc(C2CCCNCC2)c1. The fraction of sp³-hybridized carbons (Fsp3) is 0.583. The average molecular weight is 190 g/mol. The van der Waals surface area contributed by atoms with Crippen molar-refractivity contribution >= 4 is 0 Å². The fourth-order valence-electron chi connectivity index (χ4n) is 2.15. The highest BCUT2D eigenvalue weighted by Gasteiger charge is 2.13. The van der Waals surface area contributed by atoms with E-state index in [1.54, 1.807) is 0 Å². The maximum absolute atomic E-state index is 4.27. The van der Waals surface area contributed by atoms with Crippen molar-refractivity contribution in [2.75, 3.05) is 13.1 Å². The van der Waals surface area contributed by atoms with E-state index in [2.05, 4.69) is 23.3 Å². The van der Waals surface area contributed by atoms with E-state index in [0.717, 1.165) is 12.5 Å². The van der Waals surface area contributed by atoms with E-state index < -0.39 is 0 Å². The summed E-state index contributed by atoms with van der Waals surface area (Å²) in [6, 6.07) is 2.28. The molecule has 0 spiro atoms. The molecule has 14 heavy (non-hydrogen) atoms. The van der Waals surface area contributed by atoms with Crippen molar-refractivity contribution in [3.05, 3.63) is 29.6 Å². The Labute approximate surface area is 85.7 Å². The van der Waals surface area contributed by atoms with Gasteiger partial charge in [0, 0.05) is 12.4 Å². The first-order valence-corrected chi connectivity index (χ1v) is 5.48. The number of hydrogen-bond acceptors (Lipinski definition) is 2. The van der Waals surface area contributed by atoms with Crippen LogP contribution >= 0.6 is 0 Å². The monoisotopic (exact) mass is 190 g/mol. The molecule has 1 atom stereocenters. The molecular formula is C12H18N2. The Morgan fingerprint density at radius 1 is 1.29 bits per heavy atom. The summed E-state index contributed by atoms with van der Waals surface area (Å²) in [4.78, 5) is 4.27. The molecule has 2 heterocycles. The first-order chi connectivity index (χ1) is 6.86. The molecule has 0 radical (unpaired) electrons. The summed E-state index contributed by atoms with van der Waals surface area (Å²) in [5.41, 5.74) is 2.70. The van der Waals surface area contributed by atoms with Gasteiger partial charge in [-0.15, -0.1) is 0 Å². The van der Waals surface area contributed by atoms with Crippen molar-refractivity contribution < 1.29 is 0 Å². The van der Waals surface area contributed by atoms with Crippen LogP contribution in [0.2, 0.25) is 0 Å². The second kappa shape index (κ2) is 4.56. The molecule has 1 aliphatic heterocycles. The van der Waals surface area contributed by atoms with Crippen molar-refractivity contribution in [1.82, 2.24) is 10.3 Å². The maximum atomic E-state index is 4.27. The quantitative estimate of drug-likeness (QED) is 0.734. The van der Waals surface area contributed by atoms with Gasteiger partial charge in [0.25, 0.3) is 0 Å². The molecule has 0 aliphatic carbocycles. The Balaban J connectivity index is 2.12. The van der Waals surface area contributed by atoms with Crippen molar-refractivity contribution in [3.8, 4) is 0 Å². The molecule has 0 bridgehead atoms. The Bertz CT molecular complexity index is 288. The standard InChI is InChI=1S/C12H18N2/c1-10-7-12(9-14-8-10)11-3-2-5-13-6-4-11/h7-9,11,13H,2-6H2,1H3. The topological polar surface area (TPSA) is 24.9 Å². The Morgan fingerprint density at radius 3 is 3.07 bits per heavy atom. The van der Waals surface area contributed by atoms with Gasteiger partial charge in [-0.05, 0) is 56.3 Å². The zero-order valence-electron chi connectivity index (χ0n) is 8.79. The molecular weight excluding hydrogens is 172 g/mol. The average Bonchev–Trinajstić information content (AvgIpc) is 2.45. The van der Waals surface area contributed by atoms with E-state index in [-0.39, 0.29) is 0 Å². The number of rotatable bonds is 1. The number of hydrogen-bond donors (Lipinski definition) is 1. The molecule has 0 amide bonds. The summed E-state index contributed by atoms with van der Waals surface area (Å²) in [5, 5.41) is 3.44. The molecule has 1 aromatic rings. The lowest BCUT2D eigenvalue weighted by molar-refractivity contribution is 0.607. The highest BCUT2D eigenvalue weighted by atomic mass is 14.8. The van der Waals surface area contributed by atoms with Gasteiger partial charge < -0.3 is 5.32 Å². The lowest BCUT2D eigenvalue weighted by Gasteiger charge is -2.13. The first-order valence-electron chi connectivity index (χ1n) is 5.48. The zero-order valence-corrected chi connectivity index (χ0v) is 8.79. The molecule has 1 unspecified atom stereocenters. The molecule has 1 fully saturated rings. The van der Waals surface area contributed by atoms with Crippen molar-refractivity contribution in [2.24, 2.45) is 0 Å². The fourth-order valence-corrected chi connectivity index (χ4v) is 2.15. The van der Waals surface area contributed by atoms with Gasteiger partial charge in [0.2, 0.25) is 0 Å². The summed E-state index contributed by atoms with van der Waals surface area (Å²) in [6.45, 7) is 4.44. The maximum Gasteiger partial charge on any atom is 0.0302 e. The lowest BCUT2D eigenvalue weighted by atomic mass is 9.93. The third-order valence-corrected chi connectivity index (χ3v) is 2.94. The molecule has 2 nitrogen and oxygen atoms in total. The normalized spacial score (nSPS) is 23.1. The Hall–Kier alpha value is -0.890. The third kappa shape index (κ3) is 2.32. The molecule has 2 rings (SSSR count). The van der Waals surface area contributed by atoms with Gasteiger partial charge in [-0.25, -0.2) is 0 Å². The van der Waals surface area contributed by atoms with Crippen LogP contribution in [-0.4, -0.2) is 18.1 Å². The summed E-state index contributed by atoms with van der Waals surface area (Å²) in [7, 11) is 0. The van der Waals surface area contributed by atoms with Crippen LogP contribution in [0.25, 0.3) is 0 Å². The van der Waals surface area contributed by atoms with Gasteiger partial charge in [0.15, 0.2) is 0 Å². The van der Waals surface area contributed by atoms with Crippen LogP contribution in [-0.2, 0) is 0 Å². The van der Waals surface area contributed by atoms with E-state index in [1.165, 1.54) is 36.9 Å². The largest absolute Gasteiger partial charge is 0.317 e. The van der Waals surface area contributed by atoms with Crippen LogP contribution in [0.4, 0.5) is 0 Å². The molecule has 0 saturated carbocycles. The highest BCUT2D eigenvalue weighted by molar-refractivity contribution is 5.20. The summed E-state index contributed by atoms with van der Waals surface area (Å²) < 4.78 is 0. The van der Waals surface area contributed by atoms with Crippen LogP contribution in [0.5, 0.6) is 0 Å². The zero-order chi connectivity index (χ0) is 9.80. The Kier molecular flexibility index (Phi) is 3.14. The molecule has 2 heteroatoms. The minimum atomic E-state index is 0.720. The van der Waals surface area contributed by atoms with Gasteiger partial charge >= 0.3 is 0 Å². The third-order valence-electron chi connectivity index (χ3n) is 2.94. The molecule has 1 N–H and O–H groups in total. The van der Waals surface area contributed by atoms with Crippen LogP contribution in [0.1, 0.15) is 36.3 Å². The number of nitrogens with zero attached hydrogens (tertiary/aromatic N) is 1. The van der Waals surface area contributed by atoms with Crippen LogP contribution in [0.3, 0.4) is 0 Å². The minimum absolute atomic E-state index is 0.720. The second-order valence-electron chi connectivity index (χ2n) is 4.17. The first kappa shape index (κ1) is 9.66. The number of aromatic nitrogens is 1. The number of pyridine rings is 1. The highest BCUT2D eigenvalue weighted by Crippen LogP contribution is 2.25. The van der Waals surface area contributed by atoms with Crippen molar-refractivity contribution in [1.29, 1.82) is 0 Å². The van der Waals surface area contributed by atoms with Gasteiger partial charge in [-0.2, -0.15) is 0 Å². The van der Waals surface area contributed by atoms with E-state index in [4.69, 9.17) is 0 Å². The van der Waals surface area contributed by atoms with Crippen LogP contribution in [0, 0.1) is 6.92 Å². The summed E-state index contributed by atoms with van der Waals surface area (Å²) in [6.07, 6.45) is 7.81. The second-order valence-corrected chi connectivity index (χ2v) is 4.17. The van der Waals surface area contributed by atoms with Gasteiger partial charge in [-0.3, -0.25) is 4.98 Å². The van der Waals surface area contributed by atoms with Gasteiger partial charge in [0.05, 0.1) is 0 Å². The van der Waals surface area contributed by atoms with Gasteiger partial charge in [-0.1, -0.05) is 6.07 Å². The predicted octanol–water partition coefficient (Wildman–Crippen LogP) is 2.25. The van der Waals surface area contributed by atoms with E-state index >= 15 is 0 Å². The van der Waals surface area contributed by atoms with E-state index in [1.807, 2.05) is 12.4 Å². The van der Waals surface area contributed by atoms with Crippen molar-refractivity contribution in [3.63, 3.8) is 0 Å². The van der Waals surface area contributed by atoms with Crippen LogP contribution in [0.15, 0.2) is 18.5 Å². The minimum Gasteiger partial charge on any atom is -0.317 e. The smallest absolute Gasteiger partial charge is 0.0302 e. The molecule has 1 saturated heterocycles. The molecule has 76 valence electrons. The molecule has 1 aromatic heterocycles.